The van der Waals surface area contributed by atoms with Gasteiger partial charge in [0.1, 0.15) is 0 Å². The fraction of sp³-hybridized carbons (Fsp3) is 1.00. The molecule has 0 spiro atoms. The second kappa shape index (κ2) is 9.08. The highest BCUT2D eigenvalue weighted by molar-refractivity contribution is 7.89. The zero-order valence-electron chi connectivity index (χ0n) is 14.0. The van der Waals surface area contributed by atoms with Crippen molar-refractivity contribution in [2.75, 3.05) is 25.6 Å². The summed E-state index contributed by atoms with van der Waals surface area (Å²) in [4.78, 5) is 0. The molecule has 6 heteroatoms. The van der Waals surface area contributed by atoms with Crippen LogP contribution in [0, 0.1) is 10.8 Å². The van der Waals surface area contributed by atoms with Crippen LogP contribution in [0.5, 0.6) is 0 Å². The summed E-state index contributed by atoms with van der Waals surface area (Å²) in [6.07, 6.45) is 4.01. The highest BCUT2D eigenvalue weighted by Crippen LogP contribution is 2.33. The van der Waals surface area contributed by atoms with E-state index in [1.807, 2.05) is 13.8 Å². The summed E-state index contributed by atoms with van der Waals surface area (Å²) in [5.41, 5.74) is -0.441. The Morgan fingerprint density at radius 1 is 0.952 bits per heavy atom. The number of nitrogens with two attached hydrogens (primary N) is 1. The molecule has 0 radical (unpaired) electrons. The van der Waals surface area contributed by atoms with E-state index in [0.29, 0.717) is 32.5 Å². The van der Waals surface area contributed by atoms with E-state index in [0.717, 1.165) is 12.8 Å². The Labute approximate surface area is 130 Å². The molecule has 0 amide bonds. The summed E-state index contributed by atoms with van der Waals surface area (Å²) in [6, 6.07) is 0. The molecular formula is C15H33NO4S. The fourth-order valence-corrected chi connectivity index (χ4v) is 4.07. The van der Waals surface area contributed by atoms with Gasteiger partial charge in [0.2, 0.25) is 10.0 Å². The first-order valence-electron chi connectivity index (χ1n) is 7.91. The maximum atomic E-state index is 11.4. The van der Waals surface area contributed by atoms with Gasteiger partial charge < -0.3 is 9.84 Å². The predicted octanol–water partition coefficient (Wildman–Crippen LogP) is 2.29. The Morgan fingerprint density at radius 3 is 1.71 bits per heavy atom. The molecule has 0 saturated heterocycles. The smallest absolute Gasteiger partial charge is 0.209 e. The van der Waals surface area contributed by atoms with Crippen LogP contribution in [0.15, 0.2) is 0 Å². The van der Waals surface area contributed by atoms with Crippen molar-refractivity contribution in [1.82, 2.24) is 0 Å². The molecule has 0 fully saturated rings. The van der Waals surface area contributed by atoms with Gasteiger partial charge >= 0.3 is 0 Å². The summed E-state index contributed by atoms with van der Waals surface area (Å²) < 4.78 is 28.8. The molecule has 5 nitrogen and oxygen atoms in total. The van der Waals surface area contributed by atoms with Crippen molar-refractivity contribution in [2.45, 2.75) is 59.8 Å². The van der Waals surface area contributed by atoms with E-state index in [9.17, 15) is 13.5 Å². The monoisotopic (exact) mass is 323 g/mol. The van der Waals surface area contributed by atoms with E-state index < -0.39 is 15.4 Å². The van der Waals surface area contributed by atoms with Crippen molar-refractivity contribution in [1.29, 1.82) is 0 Å². The molecule has 0 aromatic heterocycles. The molecule has 0 aliphatic heterocycles. The van der Waals surface area contributed by atoms with Crippen molar-refractivity contribution >= 4 is 10.0 Å². The van der Waals surface area contributed by atoms with Crippen molar-refractivity contribution in [2.24, 2.45) is 16.0 Å². The number of ether oxygens (including phenoxy) is 1. The van der Waals surface area contributed by atoms with E-state index in [4.69, 9.17) is 9.88 Å². The quantitative estimate of drug-likeness (QED) is 0.576. The first kappa shape index (κ1) is 20.8. The maximum Gasteiger partial charge on any atom is 0.209 e. The molecule has 0 unspecified atom stereocenters. The van der Waals surface area contributed by atoms with Gasteiger partial charge in [0.25, 0.3) is 0 Å². The van der Waals surface area contributed by atoms with Crippen LogP contribution in [0.1, 0.15) is 59.8 Å². The first-order valence-corrected chi connectivity index (χ1v) is 9.62. The highest BCUT2D eigenvalue weighted by atomic mass is 32.2. The van der Waals surface area contributed by atoms with Crippen LogP contribution in [0.2, 0.25) is 0 Å². The van der Waals surface area contributed by atoms with Crippen LogP contribution in [0.3, 0.4) is 0 Å². The van der Waals surface area contributed by atoms with Gasteiger partial charge in [-0.3, -0.25) is 0 Å². The van der Waals surface area contributed by atoms with Crippen molar-refractivity contribution in [3.05, 3.63) is 0 Å². The predicted molar refractivity (Wildman–Crippen MR) is 86.5 cm³/mol. The van der Waals surface area contributed by atoms with Gasteiger partial charge in [0, 0.05) is 12.0 Å². The highest BCUT2D eigenvalue weighted by Gasteiger charge is 2.33. The van der Waals surface area contributed by atoms with E-state index in [1.54, 1.807) is 0 Å². The van der Waals surface area contributed by atoms with Gasteiger partial charge in [-0.2, -0.15) is 0 Å². The van der Waals surface area contributed by atoms with Crippen LogP contribution in [0.25, 0.3) is 0 Å². The van der Waals surface area contributed by atoms with Crippen LogP contribution < -0.4 is 5.14 Å². The SMILES string of the molecule is CCC(CC)(CCO)COCC(CC)(CC)CS(N)(=O)=O. The lowest BCUT2D eigenvalue weighted by atomic mass is 9.80. The molecule has 0 atom stereocenters. The molecule has 21 heavy (non-hydrogen) atoms. The topological polar surface area (TPSA) is 89.6 Å². The molecule has 0 aliphatic carbocycles. The zero-order valence-corrected chi connectivity index (χ0v) is 14.8. The minimum atomic E-state index is -3.51. The number of primary sulfonamides is 1. The average molecular weight is 323 g/mol. The standard InChI is InChI=1S/C15H33NO4S/c1-5-14(6-2,9-10-17)11-20-12-15(7-3,8-4)13-21(16,18)19/h17H,5-13H2,1-4H3,(H2,16,18,19). The summed E-state index contributed by atoms with van der Waals surface area (Å²) in [5.74, 6) is -0.0434. The Morgan fingerprint density at radius 2 is 1.38 bits per heavy atom. The number of hydrogen-bond acceptors (Lipinski definition) is 4. The molecule has 0 bridgehead atoms. The fourth-order valence-electron chi connectivity index (χ4n) is 2.73. The zero-order chi connectivity index (χ0) is 16.6. The van der Waals surface area contributed by atoms with Crippen molar-refractivity contribution in [3.63, 3.8) is 0 Å². The molecule has 0 aromatic carbocycles. The lowest BCUT2D eigenvalue weighted by Gasteiger charge is -2.35. The van der Waals surface area contributed by atoms with Crippen LogP contribution >= 0.6 is 0 Å². The molecule has 0 aromatic rings. The number of hydrogen-bond donors (Lipinski definition) is 2. The second-order valence-electron chi connectivity index (χ2n) is 6.19. The third-order valence-electron chi connectivity index (χ3n) is 4.97. The Balaban J connectivity index is 4.76. The van der Waals surface area contributed by atoms with Gasteiger partial charge in [-0.1, -0.05) is 27.7 Å². The summed E-state index contributed by atoms with van der Waals surface area (Å²) >= 11 is 0. The molecule has 0 heterocycles. The van der Waals surface area contributed by atoms with Gasteiger partial charge in [0.15, 0.2) is 0 Å². The minimum Gasteiger partial charge on any atom is -0.396 e. The summed E-state index contributed by atoms with van der Waals surface area (Å²) in [7, 11) is -3.51. The number of aliphatic hydroxyl groups excluding tert-OH is 1. The Bertz CT molecular complexity index is 373. The second-order valence-corrected chi connectivity index (χ2v) is 7.80. The average Bonchev–Trinajstić information content (AvgIpc) is 2.44. The van der Waals surface area contributed by atoms with E-state index >= 15 is 0 Å². The minimum absolute atomic E-state index is 0.0242. The normalized spacial score (nSPS) is 13.6. The molecule has 0 rings (SSSR count). The molecule has 3 N–H and O–H groups in total. The molecular weight excluding hydrogens is 290 g/mol. The van der Waals surface area contributed by atoms with Gasteiger partial charge in [0.05, 0.1) is 19.0 Å². The third kappa shape index (κ3) is 7.08. The number of rotatable bonds is 12. The van der Waals surface area contributed by atoms with Crippen LogP contribution in [-0.2, 0) is 14.8 Å². The number of aliphatic hydroxyl groups is 1. The van der Waals surface area contributed by atoms with Crippen LogP contribution in [-0.4, -0.2) is 39.1 Å². The van der Waals surface area contributed by atoms with Gasteiger partial charge in [-0.05, 0) is 37.5 Å². The Hall–Kier alpha value is -0.170. The van der Waals surface area contributed by atoms with Crippen molar-refractivity contribution in [3.8, 4) is 0 Å². The maximum absolute atomic E-state index is 11.4. The van der Waals surface area contributed by atoms with Crippen molar-refractivity contribution < 1.29 is 18.3 Å². The summed E-state index contributed by atoms with van der Waals surface area (Å²) in [5, 5.41) is 14.4. The van der Waals surface area contributed by atoms with Gasteiger partial charge in [-0.15, -0.1) is 0 Å². The molecule has 0 aliphatic rings. The Kier molecular flexibility index (Phi) is 9.00. The van der Waals surface area contributed by atoms with E-state index in [-0.39, 0.29) is 17.8 Å². The van der Waals surface area contributed by atoms with Crippen LogP contribution in [0.4, 0.5) is 0 Å². The van der Waals surface area contributed by atoms with E-state index in [2.05, 4.69) is 13.8 Å². The lowest BCUT2D eigenvalue weighted by molar-refractivity contribution is -0.0168. The molecule has 0 saturated carbocycles. The van der Waals surface area contributed by atoms with Gasteiger partial charge in [-0.25, -0.2) is 13.6 Å². The largest absolute Gasteiger partial charge is 0.396 e. The first-order chi connectivity index (χ1) is 9.72. The molecule has 128 valence electrons. The number of sulfonamides is 1. The lowest BCUT2D eigenvalue weighted by Crippen LogP contribution is -2.38. The summed E-state index contributed by atoms with van der Waals surface area (Å²) in [6.45, 7) is 9.22. The third-order valence-corrected chi connectivity index (χ3v) is 5.98. The van der Waals surface area contributed by atoms with E-state index in [1.165, 1.54) is 0 Å².